The van der Waals surface area contributed by atoms with Crippen molar-refractivity contribution in [2.24, 2.45) is 0 Å². The number of nitrogens with zero attached hydrogens (tertiary/aromatic N) is 1. The molecule has 0 aromatic carbocycles. The molecule has 1 atom stereocenters. The summed E-state index contributed by atoms with van der Waals surface area (Å²) < 4.78 is 0. The van der Waals surface area contributed by atoms with E-state index >= 15 is 0 Å². The van der Waals surface area contributed by atoms with E-state index in [9.17, 15) is 0 Å². The highest BCUT2D eigenvalue weighted by atomic mass is 15.1. The first kappa shape index (κ1) is 13.9. The van der Waals surface area contributed by atoms with Crippen LogP contribution in [0.3, 0.4) is 0 Å². The van der Waals surface area contributed by atoms with Gasteiger partial charge in [0.2, 0.25) is 0 Å². The largest absolute Gasteiger partial charge is 0.313 e. The zero-order chi connectivity index (χ0) is 10.8. The molecule has 0 aliphatic carbocycles. The maximum Gasteiger partial charge on any atom is 0.0104 e. The number of rotatable bonds is 9. The van der Waals surface area contributed by atoms with Crippen molar-refractivity contribution in [1.82, 2.24) is 10.2 Å². The molecule has 0 amide bonds. The van der Waals surface area contributed by atoms with Crippen LogP contribution in [0.2, 0.25) is 0 Å². The highest BCUT2D eigenvalue weighted by Crippen LogP contribution is 1.94. The van der Waals surface area contributed by atoms with Gasteiger partial charge in [-0.25, -0.2) is 0 Å². The van der Waals surface area contributed by atoms with Crippen LogP contribution in [0.5, 0.6) is 0 Å². The second-order valence-electron chi connectivity index (χ2n) is 4.30. The molecule has 0 aliphatic heterocycles. The normalized spacial score (nSPS) is 13.5. The van der Waals surface area contributed by atoms with Crippen LogP contribution in [0, 0.1) is 0 Å². The first-order valence-corrected chi connectivity index (χ1v) is 6.12. The molecule has 0 heterocycles. The molecule has 0 saturated carbocycles. The molecule has 14 heavy (non-hydrogen) atoms. The summed E-state index contributed by atoms with van der Waals surface area (Å²) in [5.74, 6) is 0. The molecule has 2 nitrogen and oxygen atoms in total. The molecule has 0 aromatic heterocycles. The predicted molar refractivity (Wildman–Crippen MR) is 64.8 cm³/mol. The molecule has 2 heteroatoms. The Morgan fingerprint density at radius 2 is 1.86 bits per heavy atom. The Bertz CT molecular complexity index is 115. The summed E-state index contributed by atoms with van der Waals surface area (Å²) in [7, 11) is 2.21. The summed E-state index contributed by atoms with van der Waals surface area (Å²) in [6.45, 7) is 10.3. The van der Waals surface area contributed by atoms with Gasteiger partial charge in [-0.05, 0) is 33.4 Å². The smallest absolute Gasteiger partial charge is 0.0104 e. The summed E-state index contributed by atoms with van der Waals surface area (Å²) in [4.78, 5) is 2.41. The Hall–Kier alpha value is -0.0800. The lowest BCUT2D eigenvalue weighted by Crippen LogP contribution is -2.34. The fourth-order valence-corrected chi connectivity index (χ4v) is 1.58. The van der Waals surface area contributed by atoms with Gasteiger partial charge in [-0.3, -0.25) is 0 Å². The number of likely N-dealkylation sites (N-methyl/N-ethyl adjacent to an activating group) is 1. The zero-order valence-corrected chi connectivity index (χ0v) is 10.5. The molecule has 0 spiro atoms. The maximum atomic E-state index is 3.55. The zero-order valence-electron chi connectivity index (χ0n) is 10.5. The highest BCUT2D eigenvalue weighted by molar-refractivity contribution is 4.61. The Balaban J connectivity index is 3.25. The monoisotopic (exact) mass is 200 g/mol. The fourth-order valence-electron chi connectivity index (χ4n) is 1.58. The van der Waals surface area contributed by atoms with Gasteiger partial charge in [-0.1, -0.05) is 26.7 Å². The van der Waals surface area contributed by atoms with Crippen molar-refractivity contribution in [2.45, 2.75) is 52.5 Å². The van der Waals surface area contributed by atoms with Crippen LogP contribution >= 0.6 is 0 Å². The average molecular weight is 200 g/mol. The van der Waals surface area contributed by atoms with Crippen molar-refractivity contribution in [3.63, 3.8) is 0 Å². The van der Waals surface area contributed by atoms with E-state index in [1.807, 2.05) is 0 Å². The first-order chi connectivity index (χ1) is 6.70. The van der Waals surface area contributed by atoms with Gasteiger partial charge < -0.3 is 10.2 Å². The van der Waals surface area contributed by atoms with Crippen molar-refractivity contribution in [3.05, 3.63) is 0 Å². The number of hydrogen-bond acceptors (Lipinski definition) is 2. The molecule has 0 aliphatic rings. The van der Waals surface area contributed by atoms with E-state index in [-0.39, 0.29) is 0 Å². The van der Waals surface area contributed by atoms with E-state index in [0.717, 1.165) is 6.54 Å². The summed E-state index contributed by atoms with van der Waals surface area (Å²) >= 11 is 0. The molecule has 0 saturated heterocycles. The third-order valence-electron chi connectivity index (χ3n) is 2.60. The fraction of sp³-hybridized carbons (Fsp3) is 1.00. The van der Waals surface area contributed by atoms with Crippen LogP contribution in [0.4, 0.5) is 0 Å². The van der Waals surface area contributed by atoms with Crippen LogP contribution in [0.25, 0.3) is 0 Å². The summed E-state index contributed by atoms with van der Waals surface area (Å²) in [6, 6.07) is 0.680. The highest BCUT2D eigenvalue weighted by Gasteiger charge is 2.00. The molecular formula is C12H28N2. The van der Waals surface area contributed by atoms with E-state index in [1.54, 1.807) is 0 Å². The minimum Gasteiger partial charge on any atom is -0.313 e. The van der Waals surface area contributed by atoms with Gasteiger partial charge in [-0.15, -0.1) is 0 Å². The molecule has 0 fully saturated rings. The van der Waals surface area contributed by atoms with Crippen molar-refractivity contribution in [2.75, 3.05) is 26.7 Å². The van der Waals surface area contributed by atoms with Gasteiger partial charge >= 0.3 is 0 Å². The minimum atomic E-state index is 0.680. The predicted octanol–water partition coefficient (Wildman–Crippen LogP) is 2.50. The SMILES string of the molecule is CCCCN(C)CCNC(C)CCC. The lowest BCUT2D eigenvalue weighted by atomic mass is 10.2. The maximum absolute atomic E-state index is 3.55. The van der Waals surface area contributed by atoms with Crippen LogP contribution < -0.4 is 5.32 Å². The van der Waals surface area contributed by atoms with Crippen LogP contribution in [-0.2, 0) is 0 Å². The molecule has 0 aromatic rings. The second-order valence-corrected chi connectivity index (χ2v) is 4.30. The van der Waals surface area contributed by atoms with Gasteiger partial charge in [0.1, 0.15) is 0 Å². The average Bonchev–Trinajstić information content (AvgIpc) is 2.15. The Morgan fingerprint density at radius 1 is 1.14 bits per heavy atom. The van der Waals surface area contributed by atoms with E-state index in [0.29, 0.717) is 6.04 Å². The van der Waals surface area contributed by atoms with Crippen molar-refractivity contribution < 1.29 is 0 Å². The van der Waals surface area contributed by atoms with Gasteiger partial charge in [0.25, 0.3) is 0 Å². The summed E-state index contributed by atoms with van der Waals surface area (Å²) in [6.07, 6.45) is 5.18. The Morgan fingerprint density at radius 3 is 2.43 bits per heavy atom. The molecule has 0 rings (SSSR count). The molecule has 1 N–H and O–H groups in total. The third kappa shape index (κ3) is 8.52. The third-order valence-corrected chi connectivity index (χ3v) is 2.60. The standard InChI is InChI=1S/C12H28N2/c1-5-7-10-14(4)11-9-13-12(3)8-6-2/h12-13H,5-11H2,1-4H3. The van der Waals surface area contributed by atoms with Crippen LogP contribution in [0.1, 0.15) is 46.5 Å². The second kappa shape index (κ2) is 9.47. The van der Waals surface area contributed by atoms with Crippen LogP contribution in [0.15, 0.2) is 0 Å². The molecule has 86 valence electrons. The quantitative estimate of drug-likeness (QED) is 0.615. The van der Waals surface area contributed by atoms with Gasteiger partial charge in [0.15, 0.2) is 0 Å². The molecule has 0 radical (unpaired) electrons. The first-order valence-electron chi connectivity index (χ1n) is 6.12. The Kier molecular flexibility index (Phi) is 9.42. The molecule has 1 unspecified atom stereocenters. The van der Waals surface area contributed by atoms with Gasteiger partial charge in [-0.2, -0.15) is 0 Å². The van der Waals surface area contributed by atoms with Gasteiger partial charge in [0, 0.05) is 19.1 Å². The molecule has 0 bridgehead atoms. The minimum absolute atomic E-state index is 0.680. The van der Waals surface area contributed by atoms with Crippen molar-refractivity contribution >= 4 is 0 Å². The van der Waals surface area contributed by atoms with Crippen molar-refractivity contribution in [1.29, 1.82) is 0 Å². The number of nitrogens with one attached hydrogen (secondary N) is 1. The van der Waals surface area contributed by atoms with E-state index < -0.39 is 0 Å². The summed E-state index contributed by atoms with van der Waals surface area (Å²) in [5, 5.41) is 3.55. The number of hydrogen-bond donors (Lipinski definition) is 1. The number of unbranched alkanes of at least 4 members (excludes halogenated alkanes) is 1. The van der Waals surface area contributed by atoms with Crippen LogP contribution in [-0.4, -0.2) is 37.6 Å². The van der Waals surface area contributed by atoms with E-state index in [1.165, 1.54) is 38.8 Å². The molecular weight excluding hydrogens is 172 g/mol. The topological polar surface area (TPSA) is 15.3 Å². The van der Waals surface area contributed by atoms with E-state index in [4.69, 9.17) is 0 Å². The van der Waals surface area contributed by atoms with E-state index in [2.05, 4.69) is 38.0 Å². The lowest BCUT2D eigenvalue weighted by molar-refractivity contribution is 0.318. The van der Waals surface area contributed by atoms with Crippen molar-refractivity contribution in [3.8, 4) is 0 Å². The van der Waals surface area contributed by atoms with Gasteiger partial charge in [0.05, 0.1) is 0 Å². The Labute approximate surface area is 90.1 Å². The summed E-state index contributed by atoms with van der Waals surface area (Å²) in [5.41, 5.74) is 0. The lowest BCUT2D eigenvalue weighted by Gasteiger charge is -2.18.